The van der Waals surface area contributed by atoms with Crippen LogP contribution in [-0.4, -0.2) is 43.5 Å². The number of carbonyl (C=O) groups is 1. The normalized spacial score (nSPS) is 19.6. The molecule has 0 aromatic heterocycles. The number of carbonyl (C=O) groups excluding carboxylic acids is 1. The summed E-state index contributed by atoms with van der Waals surface area (Å²) in [5.74, 6) is 0.667. The van der Waals surface area contributed by atoms with Gasteiger partial charge in [-0.3, -0.25) is 4.79 Å². The Hall–Kier alpha value is -0.320. The number of nitrogens with two attached hydrogens (primary N) is 1. The molecule has 2 atom stereocenters. The third kappa shape index (κ3) is 7.14. The van der Waals surface area contributed by atoms with Crippen molar-refractivity contribution in [3.05, 3.63) is 0 Å². The summed E-state index contributed by atoms with van der Waals surface area (Å²) in [4.78, 5) is 14.0. The van der Waals surface area contributed by atoms with E-state index in [1.807, 2.05) is 14.1 Å². The monoisotopic (exact) mass is 291 g/mol. The van der Waals surface area contributed by atoms with Crippen LogP contribution in [0.1, 0.15) is 45.4 Å². The van der Waals surface area contributed by atoms with Crippen molar-refractivity contribution in [2.24, 2.45) is 11.7 Å². The predicted molar refractivity (Wildman–Crippen MR) is 82.6 cm³/mol. The fourth-order valence-corrected chi connectivity index (χ4v) is 2.45. The summed E-state index contributed by atoms with van der Waals surface area (Å²) in [5.41, 5.74) is 5.98. The number of halogens is 1. The Morgan fingerprint density at radius 1 is 1.32 bits per heavy atom. The zero-order valence-electron chi connectivity index (χ0n) is 12.5. The SMILES string of the molecule is CC(CNC(=O)C(N)CC1CCCCC1)N(C)C.Cl. The smallest absolute Gasteiger partial charge is 0.236 e. The summed E-state index contributed by atoms with van der Waals surface area (Å²) in [6.45, 7) is 2.76. The largest absolute Gasteiger partial charge is 0.353 e. The standard InChI is InChI=1S/C14H29N3O.ClH/c1-11(17(2)3)10-16-14(18)13(15)9-12-7-5-4-6-8-12;/h11-13H,4-10,15H2,1-3H3,(H,16,18);1H. The Bertz CT molecular complexity index is 255. The molecule has 19 heavy (non-hydrogen) atoms. The molecule has 1 amide bonds. The molecule has 0 radical (unpaired) electrons. The van der Waals surface area contributed by atoms with Gasteiger partial charge in [-0.2, -0.15) is 0 Å². The van der Waals surface area contributed by atoms with Gasteiger partial charge in [-0.25, -0.2) is 0 Å². The quantitative estimate of drug-likeness (QED) is 0.784. The maximum absolute atomic E-state index is 11.9. The third-order valence-corrected chi connectivity index (χ3v) is 4.10. The van der Waals surface area contributed by atoms with Crippen molar-refractivity contribution >= 4 is 18.3 Å². The first-order valence-corrected chi connectivity index (χ1v) is 7.20. The molecule has 1 aliphatic carbocycles. The summed E-state index contributed by atoms with van der Waals surface area (Å²) in [7, 11) is 4.03. The van der Waals surface area contributed by atoms with Gasteiger partial charge in [0, 0.05) is 12.6 Å². The maximum Gasteiger partial charge on any atom is 0.236 e. The molecular weight excluding hydrogens is 262 g/mol. The van der Waals surface area contributed by atoms with E-state index in [9.17, 15) is 4.79 Å². The molecule has 0 bridgehead atoms. The summed E-state index contributed by atoms with van der Waals surface area (Å²) < 4.78 is 0. The zero-order valence-corrected chi connectivity index (χ0v) is 13.3. The molecule has 5 heteroatoms. The van der Waals surface area contributed by atoms with Crippen LogP contribution in [-0.2, 0) is 4.79 Å². The minimum absolute atomic E-state index is 0. The molecule has 1 fully saturated rings. The highest BCUT2D eigenvalue weighted by atomic mass is 35.5. The van der Waals surface area contributed by atoms with Gasteiger partial charge in [0.15, 0.2) is 0 Å². The molecule has 1 rings (SSSR count). The van der Waals surface area contributed by atoms with Crippen LogP contribution in [0.4, 0.5) is 0 Å². The summed E-state index contributed by atoms with van der Waals surface area (Å²) >= 11 is 0. The number of hydrogen-bond acceptors (Lipinski definition) is 3. The van der Waals surface area contributed by atoms with Crippen LogP contribution < -0.4 is 11.1 Å². The highest BCUT2D eigenvalue weighted by Crippen LogP contribution is 2.26. The minimum Gasteiger partial charge on any atom is -0.353 e. The molecule has 1 saturated carbocycles. The Kier molecular flexibility index (Phi) is 9.40. The number of nitrogens with one attached hydrogen (secondary N) is 1. The Morgan fingerprint density at radius 3 is 2.42 bits per heavy atom. The van der Waals surface area contributed by atoms with Crippen LogP contribution >= 0.6 is 12.4 Å². The van der Waals surface area contributed by atoms with E-state index in [4.69, 9.17) is 5.73 Å². The lowest BCUT2D eigenvalue weighted by atomic mass is 9.85. The second kappa shape index (κ2) is 9.56. The first-order valence-electron chi connectivity index (χ1n) is 7.20. The third-order valence-electron chi connectivity index (χ3n) is 4.10. The minimum atomic E-state index is -0.331. The van der Waals surface area contributed by atoms with Gasteiger partial charge in [0.05, 0.1) is 6.04 Å². The van der Waals surface area contributed by atoms with Crippen molar-refractivity contribution in [2.75, 3.05) is 20.6 Å². The predicted octanol–water partition coefficient (Wildman–Crippen LogP) is 1.77. The highest BCUT2D eigenvalue weighted by Gasteiger charge is 2.21. The van der Waals surface area contributed by atoms with Gasteiger partial charge in [-0.15, -0.1) is 12.4 Å². The Morgan fingerprint density at radius 2 is 1.89 bits per heavy atom. The number of likely N-dealkylation sites (N-methyl/N-ethyl adjacent to an activating group) is 1. The van der Waals surface area contributed by atoms with Crippen molar-refractivity contribution in [3.8, 4) is 0 Å². The van der Waals surface area contributed by atoms with E-state index in [0.29, 0.717) is 18.5 Å². The van der Waals surface area contributed by atoms with Crippen LogP contribution in [0.25, 0.3) is 0 Å². The zero-order chi connectivity index (χ0) is 13.5. The lowest BCUT2D eigenvalue weighted by molar-refractivity contribution is -0.123. The lowest BCUT2D eigenvalue weighted by Crippen LogP contribution is -2.46. The van der Waals surface area contributed by atoms with Gasteiger partial charge in [-0.05, 0) is 33.4 Å². The van der Waals surface area contributed by atoms with Gasteiger partial charge >= 0.3 is 0 Å². The fourth-order valence-electron chi connectivity index (χ4n) is 2.45. The molecule has 0 aromatic carbocycles. The van der Waals surface area contributed by atoms with Crippen LogP contribution in [0.5, 0.6) is 0 Å². The van der Waals surface area contributed by atoms with Crippen LogP contribution in [0.2, 0.25) is 0 Å². The second-order valence-corrected chi connectivity index (χ2v) is 5.90. The van der Waals surface area contributed by atoms with Gasteiger partial charge in [0.25, 0.3) is 0 Å². The van der Waals surface area contributed by atoms with E-state index < -0.39 is 0 Å². The van der Waals surface area contributed by atoms with Gasteiger partial charge < -0.3 is 16.0 Å². The first kappa shape index (κ1) is 18.7. The van der Waals surface area contributed by atoms with E-state index in [1.54, 1.807) is 0 Å². The van der Waals surface area contributed by atoms with E-state index in [-0.39, 0.29) is 24.4 Å². The number of amides is 1. The molecule has 114 valence electrons. The molecule has 0 aromatic rings. The van der Waals surface area contributed by atoms with E-state index in [0.717, 1.165) is 6.42 Å². The molecule has 0 heterocycles. The Labute approximate surface area is 123 Å². The van der Waals surface area contributed by atoms with Gasteiger partial charge in [0.2, 0.25) is 5.91 Å². The van der Waals surface area contributed by atoms with Crippen molar-refractivity contribution < 1.29 is 4.79 Å². The molecule has 3 N–H and O–H groups in total. The maximum atomic E-state index is 11.9. The molecular formula is C14H30ClN3O. The van der Waals surface area contributed by atoms with E-state index in [1.165, 1.54) is 32.1 Å². The molecule has 4 nitrogen and oxygen atoms in total. The number of nitrogens with zero attached hydrogens (tertiary/aromatic N) is 1. The average molecular weight is 292 g/mol. The summed E-state index contributed by atoms with van der Waals surface area (Å²) in [6.07, 6.45) is 7.29. The Balaban J connectivity index is 0.00000324. The summed E-state index contributed by atoms with van der Waals surface area (Å²) in [5, 5.41) is 2.95. The van der Waals surface area contributed by atoms with Crippen LogP contribution in [0.15, 0.2) is 0 Å². The number of hydrogen-bond donors (Lipinski definition) is 2. The van der Waals surface area contributed by atoms with E-state index >= 15 is 0 Å². The van der Waals surface area contributed by atoms with Crippen molar-refractivity contribution in [3.63, 3.8) is 0 Å². The van der Waals surface area contributed by atoms with Crippen molar-refractivity contribution in [1.29, 1.82) is 0 Å². The molecule has 0 aliphatic heterocycles. The van der Waals surface area contributed by atoms with Crippen molar-refractivity contribution in [1.82, 2.24) is 10.2 Å². The first-order chi connectivity index (χ1) is 8.50. The summed E-state index contributed by atoms with van der Waals surface area (Å²) in [6, 6.07) is 0.0123. The van der Waals surface area contributed by atoms with Crippen molar-refractivity contribution in [2.45, 2.75) is 57.5 Å². The van der Waals surface area contributed by atoms with Crippen LogP contribution in [0.3, 0.4) is 0 Å². The second-order valence-electron chi connectivity index (χ2n) is 5.90. The topological polar surface area (TPSA) is 58.4 Å². The van der Waals surface area contributed by atoms with Crippen LogP contribution in [0, 0.1) is 5.92 Å². The molecule has 0 spiro atoms. The number of rotatable bonds is 6. The van der Waals surface area contributed by atoms with E-state index in [2.05, 4.69) is 17.1 Å². The van der Waals surface area contributed by atoms with Gasteiger partial charge in [-0.1, -0.05) is 32.1 Å². The average Bonchev–Trinajstić information content (AvgIpc) is 2.36. The molecule has 1 aliphatic rings. The fraction of sp³-hybridized carbons (Fsp3) is 0.929. The highest BCUT2D eigenvalue weighted by molar-refractivity contribution is 5.85. The lowest BCUT2D eigenvalue weighted by Gasteiger charge is -2.25. The molecule has 2 unspecified atom stereocenters. The van der Waals surface area contributed by atoms with Gasteiger partial charge in [0.1, 0.15) is 0 Å². The molecule has 0 saturated heterocycles.